The van der Waals surface area contributed by atoms with Gasteiger partial charge in [0.1, 0.15) is 28.3 Å². The minimum atomic E-state index is -4.50. The van der Waals surface area contributed by atoms with Gasteiger partial charge in [-0.3, -0.25) is 9.52 Å². The first kappa shape index (κ1) is 23.3. The maximum absolute atomic E-state index is 14.7. The summed E-state index contributed by atoms with van der Waals surface area (Å²) in [6.07, 6.45) is -0.471. The molecule has 172 valence electrons. The highest BCUT2D eigenvalue weighted by Gasteiger charge is 2.26. The highest BCUT2D eigenvalue weighted by Crippen LogP contribution is 2.39. The number of hydrogen-bond acceptors (Lipinski definition) is 5. The molecule has 7 nitrogen and oxygen atoms in total. The third kappa shape index (κ3) is 4.64. The molecule has 1 aliphatic heterocycles. The number of ether oxygens (including phenoxy) is 1. The number of aromatic hydroxyl groups is 1. The molecule has 4 rings (SSSR count). The van der Waals surface area contributed by atoms with Gasteiger partial charge in [0, 0.05) is 16.7 Å². The number of hydrogen-bond donors (Lipinski definition) is 3. The Labute approximate surface area is 202 Å². The van der Waals surface area contributed by atoms with E-state index in [2.05, 4.69) is 26.0 Å². The van der Waals surface area contributed by atoms with Gasteiger partial charge in [0.15, 0.2) is 0 Å². The molecule has 3 aromatic carbocycles. The molecule has 0 aromatic heterocycles. The number of phenols is 1. The number of rotatable bonds is 0. The number of carbonyl (C=O) groups is 1. The van der Waals surface area contributed by atoms with E-state index in [-0.39, 0.29) is 21.6 Å². The Morgan fingerprint density at radius 2 is 1.91 bits per heavy atom. The fraction of sp³-hybridized carbons (Fsp3) is 0.136. The molecule has 11 heteroatoms. The van der Waals surface area contributed by atoms with Crippen LogP contribution in [0.15, 0.2) is 57.9 Å². The van der Waals surface area contributed by atoms with Gasteiger partial charge < -0.3 is 15.2 Å². The van der Waals surface area contributed by atoms with Gasteiger partial charge >= 0.3 is 0 Å². The third-order valence-electron chi connectivity index (χ3n) is 4.94. The second-order valence-electron chi connectivity index (χ2n) is 7.36. The second-order valence-corrected chi connectivity index (χ2v) is 10.3. The van der Waals surface area contributed by atoms with Crippen LogP contribution in [0.4, 0.5) is 10.1 Å². The summed E-state index contributed by atoms with van der Waals surface area (Å²) in [5.41, 5.74) is 0.413. The lowest BCUT2D eigenvalue weighted by molar-refractivity contribution is 0.0932. The smallest absolute Gasteiger partial charge is 0.265 e. The molecule has 4 bridgehead atoms. The normalized spacial score (nSPS) is 17.5. The van der Waals surface area contributed by atoms with Crippen LogP contribution >= 0.6 is 27.5 Å². The molecule has 1 atom stereocenters. The Morgan fingerprint density at radius 3 is 2.67 bits per heavy atom. The lowest BCUT2D eigenvalue weighted by Gasteiger charge is -2.19. The Hall–Kier alpha value is -2.82. The molecule has 3 aromatic rings. The molecule has 3 N–H and O–H groups in total. The van der Waals surface area contributed by atoms with Gasteiger partial charge in [0.25, 0.3) is 15.9 Å². The van der Waals surface area contributed by atoms with Gasteiger partial charge in [-0.15, -0.1) is 0 Å². The van der Waals surface area contributed by atoms with Crippen LogP contribution in [0.25, 0.3) is 11.1 Å². The quantitative estimate of drug-likeness (QED) is 0.365. The first-order valence-electron chi connectivity index (χ1n) is 9.65. The van der Waals surface area contributed by atoms with Crippen LogP contribution in [0.5, 0.6) is 11.5 Å². The summed E-state index contributed by atoms with van der Waals surface area (Å²) in [5, 5.41) is 13.1. The van der Waals surface area contributed by atoms with Crippen molar-refractivity contribution in [3.8, 4) is 22.6 Å². The number of nitrogens with one attached hydrogen (secondary N) is 2. The van der Waals surface area contributed by atoms with E-state index in [9.17, 15) is 22.7 Å². The molecule has 1 amide bonds. The zero-order valence-corrected chi connectivity index (χ0v) is 20.2. The van der Waals surface area contributed by atoms with Gasteiger partial charge in [-0.05, 0) is 53.2 Å². The van der Waals surface area contributed by atoms with Crippen molar-refractivity contribution in [3.63, 3.8) is 0 Å². The average molecular weight is 556 g/mol. The summed E-state index contributed by atoms with van der Waals surface area (Å²) in [6.45, 7) is 1.85. The van der Waals surface area contributed by atoms with Crippen molar-refractivity contribution < 1.29 is 27.4 Å². The number of fused-ring (bicyclic) bond motifs is 6. The van der Waals surface area contributed by atoms with Crippen molar-refractivity contribution >= 4 is 49.1 Å². The van der Waals surface area contributed by atoms with Crippen LogP contribution in [0.3, 0.4) is 0 Å². The molecule has 1 aliphatic rings. The minimum absolute atomic E-state index is 0.0196. The van der Waals surface area contributed by atoms with Crippen molar-refractivity contribution in [1.82, 2.24) is 5.32 Å². The van der Waals surface area contributed by atoms with Gasteiger partial charge in [-0.2, -0.15) is 0 Å². The molecular formula is C22H17BrClFN2O5S. The maximum atomic E-state index is 14.7. The van der Waals surface area contributed by atoms with E-state index in [0.29, 0.717) is 16.9 Å². The summed E-state index contributed by atoms with van der Waals surface area (Å²) in [5.74, 6) is -1.71. The first-order chi connectivity index (χ1) is 15.6. The van der Waals surface area contributed by atoms with Crippen LogP contribution in [-0.4, -0.2) is 32.1 Å². The highest BCUT2D eigenvalue weighted by atomic mass is 79.9. The summed E-state index contributed by atoms with van der Waals surface area (Å²) in [4.78, 5) is 12.1. The van der Waals surface area contributed by atoms with Gasteiger partial charge in [0.2, 0.25) is 0 Å². The number of carbonyl (C=O) groups excluding carboxylic acids is 1. The molecule has 0 fully saturated rings. The van der Waals surface area contributed by atoms with Gasteiger partial charge in [0.05, 0.1) is 21.7 Å². The van der Waals surface area contributed by atoms with E-state index in [1.165, 1.54) is 12.1 Å². The number of benzene rings is 3. The minimum Gasteiger partial charge on any atom is -0.505 e. The average Bonchev–Trinajstić information content (AvgIpc) is 2.75. The van der Waals surface area contributed by atoms with E-state index in [4.69, 9.17) is 16.3 Å². The summed E-state index contributed by atoms with van der Waals surface area (Å²) in [7, 11) is -4.50. The maximum Gasteiger partial charge on any atom is 0.265 e. The molecule has 0 saturated heterocycles. The van der Waals surface area contributed by atoms with E-state index in [0.717, 1.165) is 12.1 Å². The SMILES string of the molecule is C[C@H]1CNC(=O)c2cc(Br)c(O)c(c2)S(=O)(=O)Nc2cc(c(Cl)cc2F)-c2ccccc2O1. The molecule has 33 heavy (non-hydrogen) atoms. The standard InChI is InChI=1S/C22H17BrClFN2O5S/c1-11-10-26-22(29)12-6-15(23)21(28)20(7-12)33(30,31)27-18-8-14(16(24)9-17(18)25)13-4-2-3-5-19(13)32-11/h2-9,11,27-28H,10H2,1H3,(H,26,29)/t11-/m0/s1. The van der Waals surface area contributed by atoms with Crippen LogP contribution in [-0.2, 0) is 10.0 Å². The molecule has 0 unspecified atom stereocenters. The van der Waals surface area contributed by atoms with Crippen LogP contribution < -0.4 is 14.8 Å². The van der Waals surface area contributed by atoms with Gasteiger partial charge in [-0.1, -0.05) is 29.8 Å². The molecule has 0 radical (unpaired) electrons. The van der Waals surface area contributed by atoms with Crippen LogP contribution in [0.2, 0.25) is 5.02 Å². The largest absolute Gasteiger partial charge is 0.505 e. The molecule has 1 heterocycles. The Morgan fingerprint density at radius 1 is 1.18 bits per heavy atom. The second kappa shape index (κ2) is 8.85. The summed E-state index contributed by atoms with van der Waals surface area (Å²) >= 11 is 9.35. The number of amides is 1. The van der Waals surface area contributed by atoms with E-state index in [1.54, 1.807) is 31.2 Å². The molecule has 0 spiro atoms. The zero-order valence-electron chi connectivity index (χ0n) is 17.0. The van der Waals surface area contributed by atoms with Crippen molar-refractivity contribution in [2.75, 3.05) is 11.3 Å². The Bertz CT molecular complexity index is 1380. The van der Waals surface area contributed by atoms with E-state index >= 15 is 0 Å². The number of phenolic OH excluding ortho intramolecular Hbond substituents is 1. The van der Waals surface area contributed by atoms with Crippen molar-refractivity contribution in [3.05, 3.63) is 69.4 Å². The van der Waals surface area contributed by atoms with Gasteiger partial charge in [-0.25, -0.2) is 12.8 Å². The van der Waals surface area contributed by atoms with E-state index < -0.39 is 44.2 Å². The summed E-state index contributed by atoms with van der Waals surface area (Å²) in [6, 6.07) is 11.4. The lowest BCUT2D eigenvalue weighted by Crippen LogP contribution is -2.33. The van der Waals surface area contributed by atoms with Crippen LogP contribution in [0, 0.1) is 5.82 Å². The highest BCUT2D eigenvalue weighted by molar-refractivity contribution is 9.10. The molecule has 0 aliphatic carbocycles. The predicted molar refractivity (Wildman–Crippen MR) is 126 cm³/mol. The number of halogens is 3. The van der Waals surface area contributed by atoms with Crippen LogP contribution in [0.1, 0.15) is 17.3 Å². The third-order valence-corrected chi connectivity index (χ3v) is 7.23. The monoisotopic (exact) mass is 554 g/mol. The Kier molecular flexibility index (Phi) is 6.26. The lowest BCUT2D eigenvalue weighted by atomic mass is 10.0. The zero-order chi connectivity index (χ0) is 23.9. The summed E-state index contributed by atoms with van der Waals surface area (Å²) < 4.78 is 49.0. The van der Waals surface area contributed by atoms with Crippen molar-refractivity contribution in [2.45, 2.75) is 17.9 Å². The number of anilines is 1. The topological polar surface area (TPSA) is 105 Å². The Balaban J connectivity index is 1.96. The molecular weight excluding hydrogens is 539 g/mol. The molecule has 0 saturated carbocycles. The van der Waals surface area contributed by atoms with E-state index in [1.807, 2.05) is 0 Å². The first-order valence-corrected chi connectivity index (χ1v) is 12.3. The van der Waals surface area contributed by atoms with Crippen molar-refractivity contribution in [2.24, 2.45) is 0 Å². The fourth-order valence-corrected chi connectivity index (χ4v) is 5.38. The fourth-order valence-electron chi connectivity index (χ4n) is 3.33. The predicted octanol–water partition coefficient (Wildman–Crippen LogP) is 4.93. The van der Waals surface area contributed by atoms with Crippen molar-refractivity contribution in [1.29, 1.82) is 0 Å². The number of sulfonamides is 1. The number of para-hydroxylation sites is 1.